The van der Waals surface area contributed by atoms with Crippen molar-refractivity contribution in [2.24, 2.45) is 0 Å². The first-order chi connectivity index (χ1) is 14.9. The van der Waals surface area contributed by atoms with Crippen LogP contribution in [0.2, 0.25) is 0 Å². The lowest BCUT2D eigenvalue weighted by molar-refractivity contribution is -0.925. The van der Waals surface area contributed by atoms with Gasteiger partial charge >= 0.3 is 0 Å². The molecule has 8 nitrogen and oxygen atoms in total. The van der Waals surface area contributed by atoms with E-state index < -0.39 is 0 Å². The molecule has 3 aromatic rings. The number of ether oxygens (including phenoxy) is 1. The molecular weight excluding hydrogens is 392 g/mol. The molecule has 0 radical (unpaired) electrons. The van der Waals surface area contributed by atoms with E-state index in [1.807, 2.05) is 28.9 Å². The number of pyridine rings is 1. The van der Waals surface area contributed by atoms with Crippen LogP contribution in [0.25, 0.3) is 10.9 Å². The molecule has 1 aromatic carbocycles. The van der Waals surface area contributed by atoms with E-state index in [1.54, 1.807) is 7.11 Å². The van der Waals surface area contributed by atoms with Gasteiger partial charge in [0.25, 0.3) is 5.56 Å². The van der Waals surface area contributed by atoms with E-state index in [4.69, 9.17) is 4.74 Å². The third-order valence-corrected chi connectivity index (χ3v) is 6.74. The highest BCUT2D eigenvalue weighted by Gasteiger charge is 2.37. The summed E-state index contributed by atoms with van der Waals surface area (Å²) in [6.07, 6.45) is 5.65. The third-order valence-electron chi connectivity index (χ3n) is 6.74. The Morgan fingerprint density at radius 3 is 2.61 bits per heavy atom. The predicted molar refractivity (Wildman–Crippen MR) is 120 cm³/mol. The molecule has 1 fully saturated rings. The Bertz CT molecular complexity index is 1090. The number of rotatable bonds is 6. The molecule has 0 bridgehead atoms. The molecule has 4 rings (SSSR count). The average Bonchev–Trinajstić information content (AvgIpc) is 3.11. The molecule has 0 saturated carbocycles. The van der Waals surface area contributed by atoms with Gasteiger partial charge < -0.3 is 14.6 Å². The van der Waals surface area contributed by atoms with E-state index in [2.05, 4.69) is 41.3 Å². The number of tetrazole rings is 1. The lowest BCUT2D eigenvalue weighted by Gasteiger charge is -2.30. The van der Waals surface area contributed by atoms with Gasteiger partial charge in [0.2, 0.25) is 5.82 Å². The van der Waals surface area contributed by atoms with Crippen LogP contribution in [-0.2, 0) is 5.54 Å². The van der Waals surface area contributed by atoms with Crippen molar-refractivity contribution >= 4 is 10.9 Å². The summed E-state index contributed by atoms with van der Waals surface area (Å²) in [6.45, 7) is 8.42. The number of benzene rings is 1. The van der Waals surface area contributed by atoms with Gasteiger partial charge in [0.1, 0.15) is 5.75 Å². The average molecular weight is 426 g/mol. The summed E-state index contributed by atoms with van der Waals surface area (Å²) < 4.78 is 7.24. The van der Waals surface area contributed by atoms with Crippen LogP contribution < -0.4 is 15.2 Å². The molecule has 2 aromatic heterocycles. The van der Waals surface area contributed by atoms with Crippen molar-refractivity contribution < 1.29 is 9.64 Å². The molecule has 1 saturated heterocycles. The minimum Gasteiger partial charge on any atom is -0.497 e. The number of quaternary nitrogens is 1. The number of methoxy groups -OCH3 is 1. The van der Waals surface area contributed by atoms with E-state index in [0.717, 1.165) is 60.4 Å². The van der Waals surface area contributed by atoms with Gasteiger partial charge in [-0.25, -0.2) is 4.68 Å². The maximum absolute atomic E-state index is 13.3. The second-order valence-electron chi connectivity index (χ2n) is 9.13. The summed E-state index contributed by atoms with van der Waals surface area (Å²) in [5.74, 6) is 1.49. The molecule has 8 heteroatoms. The van der Waals surface area contributed by atoms with E-state index in [0.29, 0.717) is 0 Å². The number of aromatic amines is 1. The van der Waals surface area contributed by atoms with Gasteiger partial charge in [-0.15, -0.1) is 5.10 Å². The minimum absolute atomic E-state index is 0.0913. The number of H-pyrrole nitrogens is 1. The fourth-order valence-electron chi connectivity index (χ4n) is 4.51. The first kappa shape index (κ1) is 21.5. The van der Waals surface area contributed by atoms with Crippen molar-refractivity contribution in [3.05, 3.63) is 46.0 Å². The fourth-order valence-corrected chi connectivity index (χ4v) is 4.51. The van der Waals surface area contributed by atoms with Gasteiger partial charge in [-0.2, -0.15) is 0 Å². The van der Waals surface area contributed by atoms with Gasteiger partial charge in [-0.05, 0) is 80.0 Å². The van der Waals surface area contributed by atoms with Gasteiger partial charge in [0.05, 0.1) is 36.8 Å². The summed E-state index contributed by atoms with van der Waals surface area (Å²) >= 11 is 0. The zero-order valence-corrected chi connectivity index (χ0v) is 18.9. The minimum atomic E-state index is -0.237. The normalized spacial score (nSPS) is 16.9. The Hall–Kier alpha value is -2.74. The summed E-state index contributed by atoms with van der Waals surface area (Å²) in [7, 11) is 1.63. The van der Waals surface area contributed by atoms with Crippen molar-refractivity contribution in [1.82, 2.24) is 25.2 Å². The molecule has 1 aliphatic rings. The molecule has 0 amide bonds. The molecular formula is C23H33N6O2+. The number of hydrogen-bond donors (Lipinski definition) is 2. The Morgan fingerprint density at radius 1 is 1.19 bits per heavy atom. The molecule has 166 valence electrons. The third kappa shape index (κ3) is 4.21. The van der Waals surface area contributed by atoms with Crippen LogP contribution in [0.3, 0.4) is 0 Å². The molecule has 2 N–H and O–H groups in total. The molecule has 1 aliphatic heterocycles. The number of aromatic nitrogens is 5. The van der Waals surface area contributed by atoms with Crippen molar-refractivity contribution in [2.75, 3.05) is 20.2 Å². The molecule has 1 atom stereocenters. The van der Waals surface area contributed by atoms with Crippen LogP contribution >= 0.6 is 0 Å². The Balaban J connectivity index is 1.89. The van der Waals surface area contributed by atoms with Gasteiger partial charge in [-0.1, -0.05) is 6.92 Å². The molecule has 0 aliphatic carbocycles. The number of nitrogens with one attached hydrogen (secondary N) is 2. The van der Waals surface area contributed by atoms with Gasteiger partial charge in [0, 0.05) is 6.07 Å². The van der Waals surface area contributed by atoms with Crippen LogP contribution in [0.1, 0.15) is 70.3 Å². The van der Waals surface area contributed by atoms with E-state index in [-0.39, 0.29) is 17.1 Å². The van der Waals surface area contributed by atoms with Crippen molar-refractivity contribution in [2.45, 2.75) is 64.5 Å². The molecule has 0 spiro atoms. The smallest absolute Gasteiger partial charge is 0.258 e. The maximum Gasteiger partial charge on any atom is 0.258 e. The number of likely N-dealkylation sites (tertiary alicyclic amines) is 1. The zero-order chi connectivity index (χ0) is 22.0. The van der Waals surface area contributed by atoms with E-state index in [1.165, 1.54) is 17.7 Å². The Labute approximate surface area is 182 Å². The first-order valence-corrected chi connectivity index (χ1v) is 11.3. The summed E-state index contributed by atoms with van der Waals surface area (Å²) in [4.78, 5) is 17.8. The summed E-state index contributed by atoms with van der Waals surface area (Å²) in [6, 6.07) is 7.56. The summed E-state index contributed by atoms with van der Waals surface area (Å²) in [5, 5.41) is 13.8. The van der Waals surface area contributed by atoms with Crippen molar-refractivity contribution in [1.29, 1.82) is 0 Å². The number of fused-ring (bicyclic) bond motifs is 1. The molecule has 31 heavy (non-hydrogen) atoms. The SMILES string of the molecule is CCC(C)(C)n1nnnc1[C@@H](c1cc2ccc(OC)cc2[nH]c1=O)[NH+]1CCCCCC1. The number of nitrogens with zero attached hydrogens (tertiary/aromatic N) is 4. The van der Waals surface area contributed by atoms with E-state index >= 15 is 0 Å². The largest absolute Gasteiger partial charge is 0.497 e. The highest BCUT2D eigenvalue weighted by molar-refractivity contribution is 5.80. The zero-order valence-electron chi connectivity index (χ0n) is 18.9. The fraction of sp³-hybridized carbons (Fsp3) is 0.565. The summed E-state index contributed by atoms with van der Waals surface area (Å²) in [5.41, 5.74) is 1.16. The number of hydrogen-bond acceptors (Lipinski definition) is 5. The van der Waals surface area contributed by atoms with Crippen molar-refractivity contribution in [3.8, 4) is 5.75 Å². The predicted octanol–water partition coefficient (Wildman–Crippen LogP) is 2.22. The Kier molecular flexibility index (Phi) is 6.09. The highest BCUT2D eigenvalue weighted by atomic mass is 16.5. The van der Waals surface area contributed by atoms with Crippen molar-refractivity contribution in [3.63, 3.8) is 0 Å². The standard InChI is InChI=1S/C23H32N6O2/c1-5-23(2,3)29-21(25-26-27-29)20(28-12-8-6-7-9-13-28)18-14-16-10-11-17(31-4)15-19(16)24-22(18)30/h10-11,14-15,20H,5-9,12-13H2,1-4H3,(H,24,30)/p+1/t20-/m1/s1. The highest BCUT2D eigenvalue weighted by Crippen LogP contribution is 2.26. The molecule has 3 heterocycles. The topological polar surface area (TPSA) is 90.1 Å². The van der Waals surface area contributed by atoms with E-state index in [9.17, 15) is 4.79 Å². The van der Waals surface area contributed by atoms with Gasteiger partial charge in [0.15, 0.2) is 6.04 Å². The van der Waals surface area contributed by atoms with Crippen LogP contribution in [-0.4, -0.2) is 45.4 Å². The second kappa shape index (κ2) is 8.78. The lowest BCUT2D eigenvalue weighted by atomic mass is 9.99. The van der Waals surface area contributed by atoms with Crippen LogP contribution in [0.4, 0.5) is 0 Å². The first-order valence-electron chi connectivity index (χ1n) is 11.3. The Morgan fingerprint density at radius 2 is 1.94 bits per heavy atom. The van der Waals surface area contributed by atoms with Gasteiger partial charge in [-0.3, -0.25) is 4.79 Å². The van der Waals surface area contributed by atoms with Crippen LogP contribution in [0, 0.1) is 0 Å². The molecule has 0 unspecified atom stereocenters. The lowest BCUT2D eigenvalue weighted by Crippen LogP contribution is -3.12. The second-order valence-corrected chi connectivity index (χ2v) is 9.13. The van der Waals surface area contributed by atoms with Crippen LogP contribution in [0.15, 0.2) is 29.1 Å². The quantitative estimate of drug-likeness (QED) is 0.632. The maximum atomic E-state index is 13.3. The monoisotopic (exact) mass is 425 g/mol. The van der Waals surface area contributed by atoms with Crippen LogP contribution in [0.5, 0.6) is 5.75 Å².